The van der Waals surface area contributed by atoms with Crippen LogP contribution in [0.4, 0.5) is 0 Å². The Hall–Kier alpha value is -0.120. The molecule has 2 saturated heterocycles. The van der Waals surface area contributed by atoms with Crippen molar-refractivity contribution in [3.8, 4) is 0 Å². The highest BCUT2D eigenvalue weighted by Crippen LogP contribution is 2.28. The van der Waals surface area contributed by atoms with Gasteiger partial charge in [-0.05, 0) is 46.1 Å². The summed E-state index contributed by atoms with van der Waals surface area (Å²) in [6.07, 6.45) is 7.17. The number of nitrogens with two attached hydrogens (primary N) is 1. The van der Waals surface area contributed by atoms with Crippen LogP contribution in [0, 0.1) is 0 Å². The van der Waals surface area contributed by atoms with Gasteiger partial charge in [-0.25, -0.2) is 0 Å². The second-order valence-electron chi connectivity index (χ2n) is 5.51. The van der Waals surface area contributed by atoms with Gasteiger partial charge in [-0.3, -0.25) is 4.90 Å². The quantitative estimate of drug-likeness (QED) is 0.779. The largest absolute Gasteiger partial charge is 0.375 e. The van der Waals surface area contributed by atoms with Crippen molar-refractivity contribution in [2.45, 2.75) is 70.2 Å². The summed E-state index contributed by atoms with van der Waals surface area (Å²) < 4.78 is 5.82. The highest BCUT2D eigenvalue weighted by atomic mass is 16.5. The standard InChI is InChI=1S/C13H26N2O/c1-10-7-13(8-11(2)16-10)15-6-4-3-5-12(15)9-14/h10-13H,3-9,14H2,1-2H3. The van der Waals surface area contributed by atoms with E-state index in [9.17, 15) is 0 Å². The molecule has 0 aromatic carbocycles. The van der Waals surface area contributed by atoms with Gasteiger partial charge in [0, 0.05) is 18.6 Å². The average Bonchev–Trinajstić information content (AvgIpc) is 2.27. The normalized spacial score (nSPS) is 42.2. The van der Waals surface area contributed by atoms with Gasteiger partial charge in [0.25, 0.3) is 0 Å². The van der Waals surface area contributed by atoms with Crippen LogP contribution in [0.5, 0.6) is 0 Å². The van der Waals surface area contributed by atoms with Crippen molar-refractivity contribution >= 4 is 0 Å². The lowest BCUT2D eigenvalue weighted by Gasteiger charge is -2.45. The van der Waals surface area contributed by atoms with Crippen LogP contribution in [0.25, 0.3) is 0 Å². The number of piperidine rings is 1. The first-order valence-corrected chi connectivity index (χ1v) is 6.82. The number of nitrogens with zero attached hydrogens (tertiary/aromatic N) is 1. The van der Waals surface area contributed by atoms with Gasteiger partial charge in [0.2, 0.25) is 0 Å². The number of hydrogen-bond donors (Lipinski definition) is 1. The summed E-state index contributed by atoms with van der Waals surface area (Å²) in [6.45, 7) is 6.46. The lowest BCUT2D eigenvalue weighted by Crippen LogP contribution is -2.53. The minimum atomic E-state index is 0.411. The highest BCUT2D eigenvalue weighted by molar-refractivity contribution is 4.87. The summed E-state index contributed by atoms with van der Waals surface area (Å²) in [6, 6.07) is 1.32. The number of hydrogen-bond acceptors (Lipinski definition) is 3. The van der Waals surface area contributed by atoms with Crippen molar-refractivity contribution in [2.75, 3.05) is 13.1 Å². The Labute approximate surface area is 99.3 Å². The van der Waals surface area contributed by atoms with Crippen molar-refractivity contribution < 1.29 is 4.74 Å². The third-order valence-corrected chi connectivity index (χ3v) is 4.09. The van der Waals surface area contributed by atoms with E-state index in [4.69, 9.17) is 10.5 Å². The molecule has 2 aliphatic heterocycles. The molecule has 0 bridgehead atoms. The number of ether oxygens (including phenoxy) is 1. The summed E-state index contributed by atoms with van der Waals surface area (Å²) >= 11 is 0. The molecular weight excluding hydrogens is 200 g/mol. The van der Waals surface area contributed by atoms with Crippen molar-refractivity contribution in [3.63, 3.8) is 0 Å². The zero-order valence-electron chi connectivity index (χ0n) is 10.7. The van der Waals surface area contributed by atoms with E-state index in [0.29, 0.717) is 24.3 Å². The lowest BCUT2D eigenvalue weighted by atomic mass is 9.92. The molecule has 0 saturated carbocycles. The van der Waals surface area contributed by atoms with Crippen LogP contribution >= 0.6 is 0 Å². The minimum Gasteiger partial charge on any atom is -0.375 e. The molecule has 3 unspecified atom stereocenters. The molecule has 2 heterocycles. The molecule has 0 aromatic heterocycles. The fourth-order valence-corrected chi connectivity index (χ4v) is 3.40. The molecule has 2 aliphatic rings. The van der Waals surface area contributed by atoms with Crippen LogP contribution in [-0.4, -0.2) is 42.3 Å². The molecule has 3 heteroatoms. The van der Waals surface area contributed by atoms with E-state index in [1.807, 2.05) is 0 Å². The van der Waals surface area contributed by atoms with Crippen LogP contribution < -0.4 is 5.73 Å². The first kappa shape index (κ1) is 12.3. The summed E-state index contributed by atoms with van der Waals surface area (Å²) in [7, 11) is 0. The molecule has 2 fully saturated rings. The van der Waals surface area contributed by atoms with Gasteiger partial charge in [0.1, 0.15) is 0 Å². The van der Waals surface area contributed by atoms with Gasteiger partial charge < -0.3 is 10.5 Å². The highest BCUT2D eigenvalue weighted by Gasteiger charge is 2.33. The van der Waals surface area contributed by atoms with Gasteiger partial charge in [-0.2, -0.15) is 0 Å². The Bertz CT molecular complexity index is 212. The molecular formula is C13H26N2O. The molecule has 3 nitrogen and oxygen atoms in total. The Morgan fingerprint density at radius 3 is 2.50 bits per heavy atom. The average molecular weight is 226 g/mol. The third kappa shape index (κ3) is 2.76. The minimum absolute atomic E-state index is 0.411. The van der Waals surface area contributed by atoms with Crippen molar-refractivity contribution in [1.29, 1.82) is 0 Å². The Balaban J connectivity index is 1.98. The molecule has 94 valence electrons. The number of rotatable bonds is 2. The van der Waals surface area contributed by atoms with E-state index in [2.05, 4.69) is 18.7 Å². The predicted octanol–water partition coefficient (Wildman–Crippen LogP) is 1.76. The Morgan fingerprint density at radius 2 is 1.88 bits per heavy atom. The number of likely N-dealkylation sites (tertiary alicyclic amines) is 1. The van der Waals surface area contributed by atoms with Crippen molar-refractivity contribution in [2.24, 2.45) is 5.73 Å². The van der Waals surface area contributed by atoms with Gasteiger partial charge in [-0.15, -0.1) is 0 Å². The van der Waals surface area contributed by atoms with Crippen LogP contribution in [0.15, 0.2) is 0 Å². The fraction of sp³-hybridized carbons (Fsp3) is 1.00. The molecule has 3 atom stereocenters. The smallest absolute Gasteiger partial charge is 0.0565 e. The van der Waals surface area contributed by atoms with Gasteiger partial charge in [0.05, 0.1) is 12.2 Å². The summed E-state index contributed by atoms with van der Waals surface area (Å²) in [5, 5.41) is 0. The predicted molar refractivity (Wildman–Crippen MR) is 66.4 cm³/mol. The maximum Gasteiger partial charge on any atom is 0.0565 e. The second kappa shape index (κ2) is 5.48. The maximum atomic E-state index is 5.90. The molecule has 0 aromatic rings. The monoisotopic (exact) mass is 226 g/mol. The van der Waals surface area contributed by atoms with Crippen molar-refractivity contribution in [1.82, 2.24) is 4.90 Å². The van der Waals surface area contributed by atoms with Crippen LogP contribution in [0.1, 0.15) is 46.0 Å². The van der Waals surface area contributed by atoms with E-state index in [-0.39, 0.29) is 0 Å². The van der Waals surface area contributed by atoms with Crippen LogP contribution in [0.3, 0.4) is 0 Å². The molecule has 0 amide bonds. The zero-order chi connectivity index (χ0) is 11.5. The van der Waals surface area contributed by atoms with Gasteiger partial charge in [0.15, 0.2) is 0 Å². The Morgan fingerprint density at radius 1 is 1.19 bits per heavy atom. The maximum absolute atomic E-state index is 5.90. The zero-order valence-corrected chi connectivity index (χ0v) is 10.7. The first-order chi connectivity index (χ1) is 7.70. The first-order valence-electron chi connectivity index (χ1n) is 6.82. The third-order valence-electron chi connectivity index (χ3n) is 4.09. The molecule has 0 aliphatic carbocycles. The molecule has 2 rings (SSSR count). The van der Waals surface area contributed by atoms with E-state index in [1.54, 1.807) is 0 Å². The van der Waals surface area contributed by atoms with E-state index in [1.165, 1.54) is 38.6 Å². The fourth-order valence-electron chi connectivity index (χ4n) is 3.40. The topological polar surface area (TPSA) is 38.5 Å². The Kier molecular flexibility index (Phi) is 4.22. The molecule has 16 heavy (non-hydrogen) atoms. The van der Waals surface area contributed by atoms with E-state index >= 15 is 0 Å². The molecule has 0 spiro atoms. The molecule has 2 N–H and O–H groups in total. The van der Waals surface area contributed by atoms with Crippen LogP contribution in [-0.2, 0) is 4.74 Å². The SMILES string of the molecule is CC1CC(N2CCCCC2CN)CC(C)O1. The molecule has 0 radical (unpaired) electrons. The summed E-state index contributed by atoms with van der Waals surface area (Å²) in [5.41, 5.74) is 5.90. The van der Waals surface area contributed by atoms with E-state index < -0.39 is 0 Å². The van der Waals surface area contributed by atoms with E-state index in [0.717, 1.165) is 6.54 Å². The summed E-state index contributed by atoms with van der Waals surface area (Å²) in [5.74, 6) is 0. The van der Waals surface area contributed by atoms with Gasteiger partial charge in [-0.1, -0.05) is 6.42 Å². The second-order valence-corrected chi connectivity index (χ2v) is 5.51. The van der Waals surface area contributed by atoms with Crippen LogP contribution in [0.2, 0.25) is 0 Å². The lowest BCUT2D eigenvalue weighted by molar-refractivity contribution is -0.0759. The summed E-state index contributed by atoms with van der Waals surface area (Å²) in [4.78, 5) is 2.67. The van der Waals surface area contributed by atoms with Crippen molar-refractivity contribution in [3.05, 3.63) is 0 Å². The van der Waals surface area contributed by atoms with Gasteiger partial charge >= 0.3 is 0 Å².